The molecule has 22 heavy (non-hydrogen) atoms. The number of hydrogen-bond donors (Lipinski definition) is 0. The van der Waals surface area contributed by atoms with Crippen LogP contribution in [0.15, 0.2) is 71.1 Å². The van der Waals surface area contributed by atoms with Gasteiger partial charge in [0.15, 0.2) is 0 Å². The maximum atomic E-state index is 11.0. The van der Waals surface area contributed by atoms with Gasteiger partial charge in [-0.1, -0.05) is 30.3 Å². The molecule has 0 aliphatic heterocycles. The maximum absolute atomic E-state index is 11.0. The Bertz CT molecular complexity index is 775. The zero-order valence-corrected chi connectivity index (χ0v) is 12.0. The van der Waals surface area contributed by atoms with Crippen LogP contribution in [0.3, 0.4) is 0 Å². The van der Waals surface area contributed by atoms with Gasteiger partial charge in [-0.15, -0.1) is 0 Å². The van der Waals surface area contributed by atoms with Crippen molar-refractivity contribution in [3.05, 3.63) is 66.7 Å². The molecule has 0 fully saturated rings. The van der Waals surface area contributed by atoms with Crippen molar-refractivity contribution >= 4 is 5.97 Å². The average Bonchev–Trinajstić information content (AvgIpc) is 2.96. The third-order valence-corrected chi connectivity index (χ3v) is 2.95. The highest BCUT2D eigenvalue weighted by molar-refractivity contribution is 5.70. The van der Waals surface area contributed by atoms with E-state index >= 15 is 0 Å². The Hall–Kier alpha value is -3.01. The van der Waals surface area contributed by atoms with Crippen molar-refractivity contribution in [3.8, 4) is 28.8 Å². The minimum absolute atomic E-state index is 0.164. The fourth-order valence-corrected chi connectivity index (χ4v) is 2.04. The maximum Gasteiger partial charge on any atom is 0.310 e. The quantitative estimate of drug-likeness (QED) is 0.656. The number of carbonyl (C=O) groups excluding carboxylic acids is 1. The summed E-state index contributed by atoms with van der Waals surface area (Å²) in [5.74, 6) is 1.72. The molecule has 4 nitrogen and oxygen atoms in total. The lowest BCUT2D eigenvalue weighted by Crippen LogP contribution is -1.99. The number of para-hydroxylation sites is 2. The van der Waals surface area contributed by atoms with Crippen LogP contribution in [-0.2, 0) is 4.79 Å². The second-order valence-corrected chi connectivity index (χ2v) is 4.62. The second kappa shape index (κ2) is 6.18. The summed E-state index contributed by atoms with van der Waals surface area (Å²) in [7, 11) is 0. The summed E-state index contributed by atoms with van der Waals surface area (Å²) in [5, 5.41) is 0. The van der Waals surface area contributed by atoms with Crippen LogP contribution in [0, 0.1) is 0 Å². The average molecular weight is 294 g/mol. The summed E-state index contributed by atoms with van der Waals surface area (Å²) < 4.78 is 16.4. The summed E-state index contributed by atoms with van der Waals surface area (Å²) in [6, 6.07) is 20.4. The lowest BCUT2D eigenvalue weighted by Gasteiger charge is -2.09. The Kier molecular flexibility index (Phi) is 3.92. The predicted octanol–water partition coefficient (Wildman–Crippen LogP) is 4.66. The number of benzene rings is 2. The van der Waals surface area contributed by atoms with E-state index in [9.17, 15) is 4.79 Å². The monoisotopic (exact) mass is 294 g/mol. The fourth-order valence-electron chi connectivity index (χ4n) is 2.04. The zero-order valence-electron chi connectivity index (χ0n) is 12.0. The van der Waals surface area contributed by atoms with Crippen LogP contribution in [0.25, 0.3) is 11.3 Å². The van der Waals surface area contributed by atoms with Crippen LogP contribution in [0.2, 0.25) is 0 Å². The Morgan fingerprint density at radius 1 is 0.909 bits per heavy atom. The number of esters is 1. The molecular weight excluding hydrogens is 280 g/mol. The lowest BCUT2D eigenvalue weighted by molar-refractivity contribution is -0.133. The van der Waals surface area contributed by atoms with E-state index in [0.29, 0.717) is 11.5 Å². The van der Waals surface area contributed by atoms with Crippen LogP contribution in [0.4, 0.5) is 0 Å². The standard InChI is InChI=1S/C18H14O4/c1-13(19)20-18-12-11-17(22-18)15-9-5-6-10-16(15)21-14-7-3-2-4-8-14/h2-12H,1H3. The van der Waals surface area contributed by atoms with Crippen LogP contribution < -0.4 is 9.47 Å². The molecule has 110 valence electrons. The van der Waals surface area contributed by atoms with Gasteiger partial charge in [-0.05, 0) is 30.3 Å². The Balaban J connectivity index is 1.91. The van der Waals surface area contributed by atoms with E-state index < -0.39 is 5.97 Å². The molecule has 0 aliphatic rings. The van der Waals surface area contributed by atoms with Gasteiger partial charge in [-0.3, -0.25) is 4.79 Å². The van der Waals surface area contributed by atoms with E-state index in [-0.39, 0.29) is 5.95 Å². The molecule has 1 heterocycles. The van der Waals surface area contributed by atoms with Gasteiger partial charge in [0.05, 0.1) is 5.56 Å². The van der Waals surface area contributed by atoms with E-state index in [4.69, 9.17) is 13.9 Å². The van der Waals surface area contributed by atoms with Crippen LogP contribution in [0.5, 0.6) is 17.4 Å². The van der Waals surface area contributed by atoms with Crippen molar-refractivity contribution in [1.29, 1.82) is 0 Å². The third-order valence-electron chi connectivity index (χ3n) is 2.95. The second-order valence-electron chi connectivity index (χ2n) is 4.62. The van der Waals surface area contributed by atoms with Crippen molar-refractivity contribution < 1.29 is 18.7 Å². The molecule has 3 aromatic rings. The molecule has 0 saturated heterocycles. The topological polar surface area (TPSA) is 48.7 Å². The summed E-state index contributed by atoms with van der Waals surface area (Å²) >= 11 is 0. The fraction of sp³-hybridized carbons (Fsp3) is 0.0556. The van der Waals surface area contributed by atoms with E-state index in [0.717, 1.165) is 11.3 Å². The molecular formula is C18H14O4. The number of ether oxygens (including phenoxy) is 2. The molecule has 4 heteroatoms. The van der Waals surface area contributed by atoms with Crippen LogP contribution >= 0.6 is 0 Å². The molecule has 1 aromatic heterocycles. The molecule has 2 aromatic carbocycles. The highest BCUT2D eigenvalue weighted by Gasteiger charge is 2.12. The number of rotatable bonds is 4. The highest BCUT2D eigenvalue weighted by atomic mass is 16.6. The zero-order chi connectivity index (χ0) is 15.4. The van der Waals surface area contributed by atoms with Gasteiger partial charge >= 0.3 is 5.97 Å². The van der Waals surface area contributed by atoms with E-state index in [2.05, 4.69) is 0 Å². The first-order valence-corrected chi connectivity index (χ1v) is 6.83. The Morgan fingerprint density at radius 3 is 2.41 bits per heavy atom. The van der Waals surface area contributed by atoms with Gasteiger partial charge in [0.1, 0.15) is 17.3 Å². The van der Waals surface area contributed by atoms with Crippen molar-refractivity contribution in [1.82, 2.24) is 0 Å². The van der Waals surface area contributed by atoms with Crippen molar-refractivity contribution in [2.45, 2.75) is 6.92 Å². The molecule has 0 radical (unpaired) electrons. The van der Waals surface area contributed by atoms with Gasteiger partial charge in [-0.25, -0.2) is 0 Å². The molecule has 0 amide bonds. The molecule has 0 atom stereocenters. The third kappa shape index (κ3) is 3.17. The molecule has 0 saturated carbocycles. The van der Waals surface area contributed by atoms with Crippen molar-refractivity contribution in [2.24, 2.45) is 0 Å². The summed E-state index contributed by atoms with van der Waals surface area (Å²) in [6.45, 7) is 1.33. The van der Waals surface area contributed by atoms with E-state index in [1.165, 1.54) is 6.92 Å². The molecule has 0 N–H and O–H groups in total. The van der Waals surface area contributed by atoms with Gasteiger partial charge in [0.2, 0.25) is 0 Å². The van der Waals surface area contributed by atoms with Crippen molar-refractivity contribution in [2.75, 3.05) is 0 Å². The number of hydrogen-bond acceptors (Lipinski definition) is 4. The Morgan fingerprint density at radius 2 is 1.64 bits per heavy atom. The lowest BCUT2D eigenvalue weighted by atomic mass is 10.1. The van der Waals surface area contributed by atoms with Crippen molar-refractivity contribution in [3.63, 3.8) is 0 Å². The molecule has 0 aliphatic carbocycles. The molecule has 0 bridgehead atoms. The van der Waals surface area contributed by atoms with Crippen LogP contribution in [0.1, 0.15) is 6.92 Å². The normalized spacial score (nSPS) is 10.2. The minimum Gasteiger partial charge on any atom is -0.457 e. The SMILES string of the molecule is CC(=O)Oc1ccc(-c2ccccc2Oc2ccccc2)o1. The van der Waals surface area contributed by atoms with Gasteiger partial charge in [-0.2, -0.15) is 0 Å². The van der Waals surface area contributed by atoms with Crippen LogP contribution in [-0.4, -0.2) is 5.97 Å². The van der Waals surface area contributed by atoms with E-state index in [1.807, 2.05) is 54.6 Å². The number of carbonyl (C=O) groups is 1. The largest absolute Gasteiger partial charge is 0.457 e. The van der Waals surface area contributed by atoms with Gasteiger partial charge in [0, 0.05) is 13.0 Å². The molecule has 3 rings (SSSR count). The summed E-state index contributed by atoms with van der Waals surface area (Å²) in [6.07, 6.45) is 0. The smallest absolute Gasteiger partial charge is 0.310 e. The summed E-state index contributed by atoms with van der Waals surface area (Å²) in [5.41, 5.74) is 0.782. The van der Waals surface area contributed by atoms with E-state index in [1.54, 1.807) is 12.1 Å². The first-order chi connectivity index (χ1) is 10.7. The predicted molar refractivity (Wildman–Crippen MR) is 82.0 cm³/mol. The molecule has 0 spiro atoms. The first-order valence-electron chi connectivity index (χ1n) is 6.83. The number of furan rings is 1. The van der Waals surface area contributed by atoms with Gasteiger partial charge in [0.25, 0.3) is 5.95 Å². The Labute approximate surface area is 127 Å². The highest BCUT2D eigenvalue weighted by Crippen LogP contribution is 2.35. The molecule has 0 unspecified atom stereocenters. The minimum atomic E-state index is -0.422. The summed E-state index contributed by atoms with van der Waals surface area (Å²) in [4.78, 5) is 11.0. The van der Waals surface area contributed by atoms with Gasteiger partial charge < -0.3 is 13.9 Å². The first kappa shape index (κ1) is 13.9.